The Hall–Kier alpha value is -7.04. The molecule has 0 bridgehead atoms. The average Bonchev–Trinajstić information content (AvgIpc) is 4.27. The second-order valence-corrected chi connectivity index (χ2v) is 21.8. The molecule has 3 N–H and O–H groups in total. The molecule has 396 valence electrons. The van der Waals surface area contributed by atoms with Crippen molar-refractivity contribution in [2.24, 2.45) is 16.8 Å². The number of aromatic nitrogens is 2. The molecule has 75 heavy (non-hydrogen) atoms. The highest BCUT2D eigenvalue weighted by Gasteiger charge is 2.45. The van der Waals surface area contributed by atoms with Crippen molar-refractivity contribution in [2.45, 2.75) is 160 Å². The predicted octanol–water partition coefficient (Wildman–Crippen LogP) is 10.2. The average molecular weight is 1030 g/mol. The van der Waals surface area contributed by atoms with E-state index in [4.69, 9.17) is 24.2 Å². The summed E-state index contributed by atoms with van der Waals surface area (Å²) in [6.45, 7) is 8.64. The molecule has 6 aliphatic rings. The van der Waals surface area contributed by atoms with Gasteiger partial charge in [-0.2, -0.15) is 0 Å². The summed E-state index contributed by atoms with van der Waals surface area (Å²) in [7, 11) is 0. The SMILES string of the molecule is CC(C)[C@H](NC(=O)OC1CCCC1)C(=O)N1C[C@H](OC(=O)N2Cc3cccc(F)c3C2)CC1C1=NC=C(c2ccc(-c3ccc(-c4cnc([C@@H]5CCCN5C(=O)[C@@H](NC(=O)OC5CCCC5)C(C)C)[nH]4)cc3)cc2)C1. The smallest absolute Gasteiger partial charge is 0.410 e. The number of rotatable bonds is 14. The third-order valence-corrected chi connectivity index (χ3v) is 15.9. The summed E-state index contributed by atoms with van der Waals surface area (Å²) < 4.78 is 32.0. The molecule has 16 nitrogen and oxygen atoms in total. The Morgan fingerprint density at radius 3 is 1.85 bits per heavy atom. The van der Waals surface area contributed by atoms with Gasteiger partial charge >= 0.3 is 18.3 Å². The largest absolute Gasteiger partial charge is 0.446 e. The van der Waals surface area contributed by atoms with Crippen LogP contribution >= 0.6 is 0 Å². The van der Waals surface area contributed by atoms with E-state index >= 15 is 0 Å². The number of amides is 5. The molecule has 17 heteroatoms. The third kappa shape index (κ3) is 11.5. The number of ether oxygens (including phenoxy) is 3. The molecule has 10 rings (SSSR count). The first kappa shape index (κ1) is 51.4. The van der Waals surface area contributed by atoms with E-state index in [0.717, 1.165) is 109 Å². The van der Waals surface area contributed by atoms with E-state index in [1.54, 1.807) is 23.2 Å². The molecular weight excluding hydrogens is 956 g/mol. The van der Waals surface area contributed by atoms with Gasteiger partial charge in [-0.1, -0.05) is 88.4 Å². The molecule has 3 aromatic carbocycles. The first-order valence-electron chi connectivity index (χ1n) is 27.0. The van der Waals surface area contributed by atoms with Crippen LogP contribution in [0.2, 0.25) is 0 Å². The number of fused-ring (bicyclic) bond motifs is 1. The number of aliphatic imine (C=N–C) groups is 1. The highest BCUT2D eigenvalue weighted by atomic mass is 19.1. The van der Waals surface area contributed by atoms with Crippen molar-refractivity contribution in [3.05, 3.63) is 107 Å². The molecule has 5 amide bonds. The number of hydrogen-bond acceptors (Lipinski definition) is 10. The van der Waals surface area contributed by atoms with Crippen molar-refractivity contribution >= 4 is 41.4 Å². The number of benzene rings is 3. The standard InChI is InChI=1S/C58H69FN8O8/c1-34(2)51(63-56(70)73-42-12-5-6-13-42)54(68)66-26-10-17-49(66)53-61-30-48(62-53)39-24-22-37(23-25-39)36-18-20-38(21-19-36)41-27-47(60-29-41)50-28-44(75-58(72)65-31-40-11-9-16-46(59)45(40)33-65)32-67(50)55(69)52(35(3)4)64-57(71)74-43-14-7-8-15-43/h9,11,16,18-25,29-30,34-35,42-44,49-52H,5-8,10,12-15,17,26-28,31-33H2,1-4H3,(H,61,62)(H,63,70)(H,64,71)/t44-,49+,50?,51+,52+/m1/s1. The van der Waals surface area contributed by atoms with E-state index < -0.39 is 42.5 Å². The molecule has 1 aromatic heterocycles. The van der Waals surface area contributed by atoms with Crippen LogP contribution in [0.1, 0.15) is 133 Å². The van der Waals surface area contributed by atoms with Crippen LogP contribution in [0.4, 0.5) is 18.8 Å². The van der Waals surface area contributed by atoms with E-state index in [1.165, 1.54) is 11.0 Å². The molecule has 2 saturated heterocycles. The van der Waals surface area contributed by atoms with Crippen molar-refractivity contribution in [3.8, 4) is 22.4 Å². The van der Waals surface area contributed by atoms with E-state index in [0.29, 0.717) is 30.8 Å². The van der Waals surface area contributed by atoms with Crippen molar-refractivity contribution in [3.63, 3.8) is 0 Å². The number of carbonyl (C=O) groups excluding carboxylic acids is 5. The Morgan fingerprint density at radius 2 is 1.25 bits per heavy atom. The van der Waals surface area contributed by atoms with Gasteiger partial charge in [-0.3, -0.25) is 19.5 Å². The van der Waals surface area contributed by atoms with Gasteiger partial charge in [0.1, 0.15) is 42.0 Å². The van der Waals surface area contributed by atoms with Crippen molar-refractivity contribution in [1.29, 1.82) is 0 Å². The Kier molecular flexibility index (Phi) is 15.4. The summed E-state index contributed by atoms with van der Waals surface area (Å²) in [6, 6.07) is 19.0. The summed E-state index contributed by atoms with van der Waals surface area (Å²) in [5, 5.41) is 5.73. The van der Waals surface area contributed by atoms with Crippen LogP contribution in [0.25, 0.3) is 28.0 Å². The molecule has 0 radical (unpaired) electrons. The number of aromatic amines is 1. The van der Waals surface area contributed by atoms with Crippen LogP contribution in [-0.4, -0.2) is 110 Å². The fourth-order valence-corrected chi connectivity index (χ4v) is 11.7. The van der Waals surface area contributed by atoms with E-state index in [2.05, 4.69) is 52.0 Å². The fraction of sp³-hybridized carbons (Fsp3) is 0.500. The molecule has 4 aromatic rings. The molecular formula is C58H69FN8O8. The van der Waals surface area contributed by atoms with Gasteiger partial charge in [0.15, 0.2) is 0 Å². The zero-order valence-corrected chi connectivity index (χ0v) is 43.4. The highest BCUT2D eigenvalue weighted by Crippen LogP contribution is 2.36. The van der Waals surface area contributed by atoms with Gasteiger partial charge in [-0.25, -0.2) is 23.8 Å². The maximum absolute atomic E-state index is 14.6. The lowest BCUT2D eigenvalue weighted by Gasteiger charge is -2.31. The lowest BCUT2D eigenvalue weighted by Crippen LogP contribution is -2.54. The van der Waals surface area contributed by atoms with Crippen molar-refractivity contribution in [1.82, 2.24) is 35.3 Å². The first-order valence-corrected chi connectivity index (χ1v) is 27.0. The number of nitrogens with zero attached hydrogens (tertiary/aromatic N) is 5. The normalized spacial score (nSPS) is 21.6. The molecule has 2 aliphatic carbocycles. The lowest BCUT2D eigenvalue weighted by atomic mass is 9.95. The van der Waals surface area contributed by atoms with Crippen LogP contribution in [0.15, 0.2) is 84.1 Å². The van der Waals surface area contributed by atoms with Gasteiger partial charge in [-0.05, 0) is 116 Å². The van der Waals surface area contributed by atoms with Crippen LogP contribution in [0.5, 0.6) is 0 Å². The second-order valence-electron chi connectivity index (χ2n) is 21.8. The number of alkyl carbamates (subject to hydrolysis) is 2. The Balaban J connectivity index is 0.778. The quantitative estimate of drug-likeness (QED) is 0.103. The summed E-state index contributed by atoms with van der Waals surface area (Å²) in [5.41, 5.74) is 7.77. The van der Waals surface area contributed by atoms with Crippen molar-refractivity contribution < 1.29 is 42.6 Å². The molecule has 0 spiro atoms. The van der Waals surface area contributed by atoms with E-state index in [9.17, 15) is 28.4 Å². The van der Waals surface area contributed by atoms with Crippen LogP contribution in [0.3, 0.4) is 0 Å². The van der Waals surface area contributed by atoms with Gasteiger partial charge in [0.2, 0.25) is 11.8 Å². The zero-order valence-electron chi connectivity index (χ0n) is 43.4. The maximum atomic E-state index is 14.6. The van der Waals surface area contributed by atoms with Crippen molar-refractivity contribution in [2.75, 3.05) is 13.1 Å². The topological polar surface area (TPSA) is 188 Å². The Bertz CT molecular complexity index is 2820. The van der Waals surface area contributed by atoms with Gasteiger partial charge in [0, 0.05) is 43.4 Å². The molecule has 4 aliphatic heterocycles. The number of allylic oxidation sites excluding steroid dienone is 1. The first-order chi connectivity index (χ1) is 36.3. The summed E-state index contributed by atoms with van der Waals surface area (Å²) in [6.07, 6.45) is 10.8. The summed E-state index contributed by atoms with van der Waals surface area (Å²) >= 11 is 0. The minimum Gasteiger partial charge on any atom is -0.446 e. The van der Waals surface area contributed by atoms with E-state index in [-0.39, 0.29) is 67.4 Å². The Labute approximate surface area is 437 Å². The third-order valence-electron chi connectivity index (χ3n) is 15.9. The summed E-state index contributed by atoms with van der Waals surface area (Å²) in [5.74, 6) is -0.461. The number of carbonyl (C=O) groups is 5. The summed E-state index contributed by atoms with van der Waals surface area (Å²) in [4.78, 5) is 86.2. The molecule has 5 atom stereocenters. The maximum Gasteiger partial charge on any atom is 0.410 e. The highest BCUT2D eigenvalue weighted by molar-refractivity contribution is 6.04. The number of H-pyrrole nitrogens is 1. The van der Waals surface area contributed by atoms with Gasteiger partial charge in [-0.15, -0.1) is 0 Å². The minimum atomic E-state index is -0.882. The molecule has 2 saturated carbocycles. The van der Waals surface area contributed by atoms with Gasteiger partial charge in [0.25, 0.3) is 0 Å². The molecule has 1 unspecified atom stereocenters. The second kappa shape index (κ2) is 22.4. The zero-order chi connectivity index (χ0) is 52.3. The number of hydrogen-bond donors (Lipinski definition) is 3. The molecule has 5 heterocycles. The van der Waals surface area contributed by atoms with Gasteiger partial charge < -0.3 is 39.6 Å². The predicted molar refractivity (Wildman–Crippen MR) is 280 cm³/mol. The van der Waals surface area contributed by atoms with E-state index in [1.807, 2.05) is 50.9 Å². The van der Waals surface area contributed by atoms with Gasteiger partial charge in [0.05, 0.1) is 37.1 Å². The van der Waals surface area contributed by atoms with Crippen LogP contribution in [-0.2, 0) is 36.9 Å². The number of halogens is 1. The molecule has 4 fully saturated rings. The minimum absolute atomic E-state index is 0.0883. The van der Waals surface area contributed by atoms with Crippen LogP contribution in [0, 0.1) is 17.7 Å². The lowest BCUT2D eigenvalue weighted by molar-refractivity contribution is -0.136. The monoisotopic (exact) mass is 1020 g/mol. The number of imidazole rings is 1. The van der Waals surface area contributed by atoms with Crippen LogP contribution < -0.4 is 10.6 Å². The number of likely N-dealkylation sites (tertiary alicyclic amines) is 2. The number of nitrogens with one attached hydrogen (secondary N) is 3. The fourth-order valence-electron chi connectivity index (χ4n) is 11.7. The Morgan fingerprint density at radius 1 is 0.667 bits per heavy atom.